The van der Waals surface area contributed by atoms with Gasteiger partial charge in [-0.3, -0.25) is 9.59 Å². The van der Waals surface area contributed by atoms with Crippen LogP contribution in [-0.4, -0.2) is 17.0 Å². The molecule has 15 heavy (non-hydrogen) atoms. The number of hydrogen-bond acceptors (Lipinski definition) is 2. The Labute approximate surface area is 86.9 Å². The number of aryl methyl sites for hydroxylation is 1. The van der Waals surface area contributed by atoms with Crippen molar-refractivity contribution in [3.8, 4) is 0 Å². The normalized spacial score (nSPS) is 19.3. The Kier molecular flexibility index (Phi) is 2.19. The number of anilines is 1. The first-order valence-corrected chi connectivity index (χ1v) is 4.71. The monoisotopic (exact) mass is 205 g/mol. The minimum absolute atomic E-state index is 0.0196. The largest absolute Gasteiger partial charge is 0.481 e. The second kappa shape index (κ2) is 3.38. The van der Waals surface area contributed by atoms with Crippen molar-refractivity contribution in [2.45, 2.75) is 19.3 Å². The summed E-state index contributed by atoms with van der Waals surface area (Å²) in [4.78, 5) is 22.2. The Morgan fingerprint density at radius 3 is 2.93 bits per heavy atom. The lowest BCUT2D eigenvalue weighted by Crippen LogP contribution is -2.27. The predicted molar refractivity (Wildman–Crippen MR) is 54.8 cm³/mol. The molecule has 1 atom stereocenters. The lowest BCUT2D eigenvalue weighted by Gasteiger charge is -2.22. The van der Waals surface area contributed by atoms with Crippen molar-refractivity contribution in [1.29, 1.82) is 0 Å². The van der Waals surface area contributed by atoms with Gasteiger partial charge in [0.05, 0.1) is 5.92 Å². The molecular formula is C11H11NO3. The lowest BCUT2D eigenvalue weighted by atomic mass is 9.89. The van der Waals surface area contributed by atoms with Crippen molar-refractivity contribution >= 4 is 17.6 Å². The lowest BCUT2D eigenvalue weighted by molar-refractivity contribution is -0.140. The van der Waals surface area contributed by atoms with Crippen LogP contribution in [0.2, 0.25) is 0 Å². The molecule has 4 nitrogen and oxygen atoms in total. The van der Waals surface area contributed by atoms with Gasteiger partial charge in [0.25, 0.3) is 0 Å². The molecule has 0 fully saturated rings. The number of rotatable bonds is 1. The van der Waals surface area contributed by atoms with Crippen molar-refractivity contribution in [2.75, 3.05) is 5.32 Å². The van der Waals surface area contributed by atoms with Crippen molar-refractivity contribution in [3.63, 3.8) is 0 Å². The third kappa shape index (κ3) is 1.70. The Balaban J connectivity index is 2.52. The maximum absolute atomic E-state index is 11.3. The van der Waals surface area contributed by atoms with Gasteiger partial charge < -0.3 is 10.4 Å². The first kappa shape index (κ1) is 9.71. The molecule has 78 valence electrons. The van der Waals surface area contributed by atoms with E-state index in [9.17, 15) is 9.59 Å². The molecule has 4 heteroatoms. The van der Waals surface area contributed by atoms with Crippen LogP contribution in [0.5, 0.6) is 0 Å². The van der Waals surface area contributed by atoms with Gasteiger partial charge in [-0.1, -0.05) is 17.7 Å². The van der Waals surface area contributed by atoms with Crippen molar-refractivity contribution < 1.29 is 14.7 Å². The Morgan fingerprint density at radius 2 is 2.27 bits per heavy atom. The van der Waals surface area contributed by atoms with Crippen LogP contribution in [0, 0.1) is 6.92 Å². The van der Waals surface area contributed by atoms with E-state index in [1.54, 1.807) is 6.07 Å². The average molecular weight is 205 g/mol. The zero-order chi connectivity index (χ0) is 11.0. The molecule has 0 aromatic heterocycles. The highest BCUT2D eigenvalue weighted by Gasteiger charge is 2.30. The number of aliphatic carboxylic acids is 1. The summed E-state index contributed by atoms with van der Waals surface area (Å²) in [5.74, 6) is -1.90. The number of carbonyl (C=O) groups is 2. The van der Waals surface area contributed by atoms with Crippen molar-refractivity contribution in [3.05, 3.63) is 29.3 Å². The summed E-state index contributed by atoms with van der Waals surface area (Å²) in [6, 6.07) is 5.41. The minimum Gasteiger partial charge on any atom is -0.481 e. The molecular weight excluding hydrogens is 194 g/mol. The van der Waals surface area contributed by atoms with Gasteiger partial charge in [0, 0.05) is 12.1 Å². The Bertz CT molecular complexity index is 439. The van der Waals surface area contributed by atoms with Gasteiger partial charge >= 0.3 is 5.97 Å². The summed E-state index contributed by atoms with van der Waals surface area (Å²) in [5, 5.41) is 11.7. The number of carbonyl (C=O) groups excluding carboxylic acids is 1. The van der Waals surface area contributed by atoms with Crippen LogP contribution >= 0.6 is 0 Å². The summed E-state index contributed by atoms with van der Waals surface area (Å²) in [7, 11) is 0. The number of nitrogens with one attached hydrogen (secondary N) is 1. The second-order valence-corrected chi connectivity index (χ2v) is 3.73. The maximum Gasteiger partial charge on any atom is 0.311 e. The van der Waals surface area contributed by atoms with Gasteiger partial charge in [0.15, 0.2) is 0 Å². The van der Waals surface area contributed by atoms with E-state index in [0.717, 1.165) is 5.56 Å². The van der Waals surface area contributed by atoms with Gasteiger partial charge in [0.2, 0.25) is 5.91 Å². The van der Waals surface area contributed by atoms with Gasteiger partial charge in [-0.25, -0.2) is 0 Å². The fraction of sp³-hybridized carbons (Fsp3) is 0.273. The van der Waals surface area contributed by atoms with Crippen LogP contribution < -0.4 is 5.32 Å². The summed E-state index contributed by atoms with van der Waals surface area (Å²) < 4.78 is 0. The topological polar surface area (TPSA) is 66.4 Å². The first-order valence-electron chi connectivity index (χ1n) is 4.71. The molecule has 0 saturated heterocycles. The zero-order valence-electron chi connectivity index (χ0n) is 8.28. The molecule has 1 amide bonds. The molecule has 1 heterocycles. The van der Waals surface area contributed by atoms with Gasteiger partial charge in [-0.2, -0.15) is 0 Å². The van der Waals surface area contributed by atoms with Crippen LogP contribution in [0.4, 0.5) is 5.69 Å². The smallest absolute Gasteiger partial charge is 0.311 e. The minimum atomic E-state index is -0.947. The summed E-state index contributed by atoms with van der Waals surface area (Å²) >= 11 is 0. The van der Waals surface area contributed by atoms with Gasteiger partial charge in [0.1, 0.15) is 0 Å². The van der Waals surface area contributed by atoms with Crippen molar-refractivity contribution in [2.24, 2.45) is 0 Å². The number of carboxylic acids is 1. The number of carboxylic acid groups (broad SMARTS) is 1. The maximum atomic E-state index is 11.3. The molecule has 1 unspecified atom stereocenters. The van der Waals surface area contributed by atoms with E-state index in [2.05, 4.69) is 5.32 Å². The first-order chi connectivity index (χ1) is 7.08. The van der Waals surface area contributed by atoms with E-state index < -0.39 is 11.9 Å². The molecule has 1 aromatic carbocycles. The zero-order valence-corrected chi connectivity index (χ0v) is 8.28. The molecule has 1 aliphatic heterocycles. The van der Waals surface area contributed by atoms with E-state index >= 15 is 0 Å². The molecule has 1 aliphatic rings. The molecule has 0 radical (unpaired) electrons. The molecule has 0 saturated carbocycles. The highest BCUT2D eigenvalue weighted by atomic mass is 16.4. The SMILES string of the molecule is Cc1ccc2c(c1)C(C(=O)O)CC(=O)N2. The quantitative estimate of drug-likeness (QED) is 0.730. The summed E-state index contributed by atoms with van der Waals surface area (Å²) in [6.45, 7) is 1.90. The second-order valence-electron chi connectivity index (χ2n) is 3.73. The molecule has 0 bridgehead atoms. The van der Waals surface area contributed by atoms with Gasteiger partial charge in [-0.15, -0.1) is 0 Å². The third-order valence-electron chi connectivity index (χ3n) is 2.54. The summed E-state index contributed by atoms with van der Waals surface area (Å²) in [5.41, 5.74) is 2.31. The van der Waals surface area contributed by atoms with E-state index in [0.29, 0.717) is 11.3 Å². The third-order valence-corrected chi connectivity index (χ3v) is 2.54. The molecule has 2 N–H and O–H groups in total. The number of benzene rings is 1. The summed E-state index contributed by atoms with van der Waals surface area (Å²) in [6.07, 6.45) is 0.0196. The van der Waals surface area contributed by atoms with Crippen LogP contribution in [0.1, 0.15) is 23.5 Å². The van der Waals surface area contributed by atoms with Crippen LogP contribution in [0.25, 0.3) is 0 Å². The highest BCUT2D eigenvalue weighted by molar-refractivity contribution is 5.99. The highest BCUT2D eigenvalue weighted by Crippen LogP contribution is 2.32. The van der Waals surface area contributed by atoms with Crippen LogP contribution in [0.15, 0.2) is 18.2 Å². The molecule has 1 aromatic rings. The molecule has 0 spiro atoms. The van der Waals surface area contributed by atoms with Crippen LogP contribution in [0.3, 0.4) is 0 Å². The van der Waals surface area contributed by atoms with Gasteiger partial charge in [-0.05, 0) is 18.6 Å². The van der Waals surface area contributed by atoms with E-state index in [4.69, 9.17) is 5.11 Å². The molecule has 2 rings (SSSR count). The number of hydrogen-bond donors (Lipinski definition) is 2. The van der Waals surface area contributed by atoms with E-state index in [1.165, 1.54) is 0 Å². The average Bonchev–Trinajstić information content (AvgIpc) is 2.17. The number of amides is 1. The number of fused-ring (bicyclic) bond motifs is 1. The van der Waals surface area contributed by atoms with Crippen LogP contribution in [-0.2, 0) is 9.59 Å². The Hall–Kier alpha value is -1.84. The fourth-order valence-electron chi connectivity index (χ4n) is 1.80. The molecule has 0 aliphatic carbocycles. The predicted octanol–water partition coefficient (Wildman–Crippen LogP) is 1.51. The van der Waals surface area contributed by atoms with E-state index in [-0.39, 0.29) is 12.3 Å². The fourth-order valence-corrected chi connectivity index (χ4v) is 1.80. The Morgan fingerprint density at radius 1 is 1.53 bits per heavy atom. The van der Waals surface area contributed by atoms with Crippen molar-refractivity contribution in [1.82, 2.24) is 0 Å². The van der Waals surface area contributed by atoms with E-state index in [1.807, 2.05) is 19.1 Å². The standard InChI is InChI=1S/C11H11NO3/c1-6-2-3-9-7(4-6)8(11(14)15)5-10(13)12-9/h2-4,8H,5H2,1H3,(H,12,13)(H,14,15).